The third kappa shape index (κ3) is 27.4. The Bertz CT molecular complexity index is 2110. The Morgan fingerprint density at radius 2 is 0.592 bits per heavy atom. The van der Waals surface area contributed by atoms with E-state index in [1.165, 1.54) is 265 Å². The molecule has 0 unspecified atom stereocenters. The molecule has 0 amide bonds. The predicted molar refractivity (Wildman–Crippen MR) is 333 cm³/mol. The summed E-state index contributed by atoms with van der Waals surface area (Å²) in [7, 11) is 0. The van der Waals surface area contributed by atoms with Crippen LogP contribution in [-0.2, 0) is 27.3 Å². The van der Waals surface area contributed by atoms with Crippen LogP contribution in [0.4, 0.5) is 0 Å². The summed E-state index contributed by atoms with van der Waals surface area (Å²) in [5, 5.41) is 0. The van der Waals surface area contributed by atoms with E-state index in [0.717, 1.165) is 49.9 Å². The van der Waals surface area contributed by atoms with Crippen LogP contribution in [0.2, 0.25) is 0 Å². The molecule has 5 rings (SSSR count). The summed E-state index contributed by atoms with van der Waals surface area (Å²) in [5.41, 5.74) is 25.0. The Balaban J connectivity index is 0.000000705. The van der Waals surface area contributed by atoms with Crippen LogP contribution in [0, 0.1) is 13.8 Å². The van der Waals surface area contributed by atoms with Gasteiger partial charge in [0.05, 0.1) is 0 Å². The molecule has 1 aliphatic rings. The van der Waals surface area contributed by atoms with Crippen molar-refractivity contribution < 1.29 is 19.1 Å². The van der Waals surface area contributed by atoms with Crippen LogP contribution in [-0.4, -0.2) is 4.70 Å². The molecule has 0 saturated heterocycles. The van der Waals surface area contributed by atoms with Gasteiger partial charge in [-0.25, -0.2) is 4.70 Å². The van der Waals surface area contributed by atoms with Gasteiger partial charge in [-0.15, -0.1) is 0 Å². The summed E-state index contributed by atoms with van der Waals surface area (Å²) in [4.78, 5) is 0. The fraction of sp³-hybridized carbons (Fsp3) is 0.616. The second-order valence-corrected chi connectivity index (χ2v) is 24.3. The number of rotatable bonds is 43. The average molecular weight is 1080 g/mol. The van der Waals surface area contributed by atoms with E-state index in [-0.39, 0.29) is 0 Å². The van der Waals surface area contributed by atoms with Gasteiger partial charge in [-0.05, 0) is 86.8 Å². The van der Waals surface area contributed by atoms with E-state index in [0.29, 0.717) is 0 Å². The summed E-state index contributed by atoms with van der Waals surface area (Å²) in [6.07, 6.45) is 52.2. The Hall–Kier alpha value is -3.55. The van der Waals surface area contributed by atoms with Crippen LogP contribution in [0.5, 0.6) is 0 Å². The van der Waals surface area contributed by atoms with E-state index in [1.54, 1.807) is 19.1 Å². The first kappa shape index (κ1) is 65.0. The van der Waals surface area contributed by atoms with Gasteiger partial charge in [0.15, 0.2) is 0 Å². The molecule has 2 nitrogen and oxygen atoms in total. The van der Waals surface area contributed by atoms with Gasteiger partial charge in [0, 0.05) is 22.3 Å². The van der Waals surface area contributed by atoms with Crippen LogP contribution >= 0.6 is 0 Å². The predicted octanol–water partition coefficient (Wildman–Crippen LogP) is 22.8. The van der Waals surface area contributed by atoms with E-state index in [1.807, 2.05) is 0 Å². The van der Waals surface area contributed by atoms with Crippen LogP contribution in [0.1, 0.15) is 299 Å². The van der Waals surface area contributed by atoms with E-state index in [4.69, 9.17) is 0 Å². The molecule has 0 aromatic heterocycles. The second-order valence-electron chi connectivity index (χ2n) is 22.9. The molecule has 1 aliphatic heterocycles. The van der Waals surface area contributed by atoms with Gasteiger partial charge in [-0.2, -0.15) is 0 Å². The summed E-state index contributed by atoms with van der Waals surface area (Å²) in [6, 6.07) is 35.7. The number of hydrogen-bond acceptors (Lipinski definition) is 0. The molecule has 4 aromatic rings. The quantitative estimate of drug-likeness (QED) is 0.0240. The monoisotopic (exact) mass is 1070 g/mol. The van der Waals surface area contributed by atoms with Gasteiger partial charge >= 0.3 is 97.0 Å². The topological polar surface area (TPSA) is 25.3 Å². The number of hydrogen-bond donors (Lipinski definition) is 0. The fourth-order valence-corrected chi connectivity index (χ4v) is 12.1. The molecular formula is C73H112N2Ni. The Kier molecular flexibility index (Phi) is 36.3. The number of benzene rings is 4. The number of nitrogens with zero attached hydrogens (tertiary/aromatic N) is 2. The number of unbranched alkanes of at least 4 members (excludes halogenated alkanes) is 31. The zero-order valence-corrected chi connectivity index (χ0v) is 51.0. The summed E-state index contributed by atoms with van der Waals surface area (Å²) >= 11 is 1.61. The first-order valence-corrected chi connectivity index (χ1v) is 33.2. The summed E-state index contributed by atoms with van der Waals surface area (Å²) in [6.45, 7) is 13.4. The molecule has 424 valence electrons. The molecule has 0 N–H and O–H groups in total. The van der Waals surface area contributed by atoms with Crippen molar-refractivity contribution in [3.63, 3.8) is 0 Å². The van der Waals surface area contributed by atoms with Crippen molar-refractivity contribution in [1.29, 1.82) is 0 Å². The second kappa shape index (κ2) is 42.4. The van der Waals surface area contributed by atoms with E-state index in [9.17, 15) is 5.53 Å². The van der Waals surface area contributed by atoms with Gasteiger partial charge in [0.1, 0.15) is 0 Å². The molecule has 0 spiro atoms. The Morgan fingerprint density at radius 1 is 0.316 bits per heavy atom. The van der Waals surface area contributed by atoms with Crippen molar-refractivity contribution in [2.45, 2.75) is 292 Å². The molecule has 3 heteroatoms. The maximum absolute atomic E-state index is 12.3. The van der Waals surface area contributed by atoms with Crippen molar-refractivity contribution in [3.8, 4) is 0 Å². The molecule has 0 saturated carbocycles. The van der Waals surface area contributed by atoms with Gasteiger partial charge < -0.3 is 5.53 Å². The number of allylic oxidation sites excluding steroid dienone is 2. The average Bonchev–Trinajstić information content (AvgIpc) is 3.72. The van der Waals surface area contributed by atoms with Crippen LogP contribution < -0.4 is 9.07 Å². The van der Waals surface area contributed by atoms with Crippen molar-refractivity contribution in [2.75, 3.05) is 0 Å². The van der Waals surface area contributed by atoms with Crippen molar-refractivity contribution in [2.24, 2.45) is 0 Å². The third-order valence-electron chi connectivity index (χ3n) is 15.9. The van der Waals surface area contributed by atoms with Crippen molar-refractivity contribution >= 4 is 20.5 Å². The van der Waals surface area contributed by atoms with E-state index < -0.39 is 0 Å². The molecule has 1 heterocycles. The van der Waals surface area contributed by atoms with Gasteiger partial charge in [-0.3, -0.25) is 0 Å². The first-order valence-electron chi connectivity index (χ1n) is 32.2. The van der Waals surface area contributed by atoms with Crippen LogP contribution in [0.25, 0.3) is 16.9 Å². The molecule has 0 atom stereocenters. The van der Waals surface area contributed by atoms with E-state index in [2.05, 4.69) is 139 Å². The first-order chi connectivity index (χ1) is 37.4. The summed E-state index contributed by atoms with van der Waals surface area (Å²) in [5.74, 6) is 0. The maximum atomic E-state index is 12.3. The zero-order valence-electron chi connectivity index (χ0n) is 50.0. The molecule has 76 heavy (non-hydrogen) atoms. The normalized spacial score (nSPS) is 12.6. The van der Waals surface area contributed by atoms with Crippen LogP contribution in [0.15, 0.2) is 108 Å². The van der Waals surface area contributed by atoms with Gasteiger partial charge in [0.2, 0.25) is 11.4 Å². The van der Waals surface area contributed by atoms with Crippen molar-refractivity contribution in [3.05, 3.63) is 147 Å². The number of aryl methyl sites for hydroxylation is 4. The minimum absolute atomic E-state index is 1.03. The van der Waals surface area contributed by atoms with Crippen LogP contribution in [0.3, 0.4) is 0 Å². The molecule has 0 fully saturated rings. The molecule has 0 bridgehead atoms. The van der Waals surface area contributed by atoms with Crippen molar-refractivity contribution in [1.82, 2.24) is 0 Å². The minimum atomic E-state index is 1.03. The molecular weight excluding hydrogens is 964 g/mol. The Labute approximate surface area is 475 Å². The van der Waals surface area contributed by atoms with E-state index >= 15 is 0 Å². The molecule has 4 aromatic carbocycles. The molecule has 0 aliphatic carbocycles. The SMILES string of the molecule is CCCCCCCCCCCCCCCCCCCCCCCc1cccc(C2=C(CCCC)C(CCCCCCCC)=C(c3cccc(CCCCCCCC)c3)[N+]2=[N-])c1.Cc1cc[c]([Ni][c]2ccc(C)cc2)cc1. The summed E-state index contributed by atoms with van der Waals surface area (Å²) < 4.78 is 4.26. The fourth-order valence-electron chi connectivity index (χ4n) is 11.1. The standard InChI is InChI=1S/C59H98N2.2C7H7.Ni/c1-5-9-13-16-19-20-21-22-23-24-25-26-27-28-29-30-31-32-33-35-38-43-53-44-40-46-54(50-53)58-56(48-12-8-4)57(49-39-36-18-15-11-7-3)59(61(58)60)55-47-41-45-52(51-55)42-37-34-17-14-10-6-2;2*1-7-5-3-2-4-6-7;/h40-41,44-47,50-51H,5-39,42-43,48-49H2,1-4H3;2*3-6H,1H3;. The van der Waals surface area contributed by atoms with Gasteiger partial charge in [0.25, 0.3) is 0 Å². The zero-order chi connectivity index (χ0) is 54.1. The molecule has 0 radical (unpaired) electrons. The Morgan fingerprint density at radius 3 is 0.908 bits per heavy atom. The van der Waals surface area contributed by atoms with Gasteiger partial charge in [-0.1, -0.05) is 251 Å². The third-order valence-corrected chi connectivity index (χ3v) is 17.1.